The molecule has 0 amide bonds. The summed E-state index contributed by atoms with van der Waals surface area (Å²) in [5.41, 5.74) is 8.21. The summed E-state index contributed by atoms with van der Waals surface area (Å²) in [7, 11) is 0. The Morgan fingerprint density at radius 2 is 1.54 bits per heavy atom. The Morgan fingerprint density at radius 1 is 0.893 bits per heavy atom. The van der Waals surface area contributed by atoms with Crippen molar-refractivity contribution in [1.29, 1.82) is 0 Å². The monoisotopic (exact) mass is 486 g/mol. The zero-order valence-corrected chi connectivity index (χ0v) is 20.5. The van der Waals surface area contributed by atoms with Gasteiger partial charge in [0.05, 0.1) is 0 Å². The van der Waals surface area contributed by atoms with Gasteiger partial charge < -0.3 is 24.8 Å². The number of hydrogen-bond donors (Lipinski definition) is 0. The van der Waals surface area contributed by atoms with E-state index in [-0.39, 0.29) is 24.8 Å². The quantitative estimate of drug-likeness (QED) is 0.314. The molecule has 0 nitrogen and oxygen atoms in total. The third-order valence-corrected chi connectivity index (χ3v) is 6.09. The van der Waals surface area contributed by atoms with Crippen LogP contribution in [0.3, 0.4) is 0 Å². The maximum atomic E-state index is 3.38. The summed E-state index contributed by atoms with van der Waals surface area (Å²) in [6, 6.07) is 24.5. The van der Waals surface area contributed by atoms with Crippen molar-refractivity contribution >= 4 is 3.21 Å². The molecule has 28 heavy (non-hydrogen) atoms. The van der Waals surface area contributed by atoms with Gasteiger partial charge in [-0.3, -0.25) is 0 Å². The van der Waals surface area contributed by atoms with E-state index >= 15 is 0 Å². The van der Waals surface area contributed by atoms with Gasteiger partial charge in [-0.05, 0) is 13.3 Å². The minimum Gasteiger partial charge on any atom is -0.214 e. The molecule has 0 bridgehead atoms. The van der Waals surface area contributed by atoms with Gasteiger partial charge in [-0.1, -0.05) is 41.8 Å². The number of halogens is 2. The number of benzene rings is 2. The Labute approximate surface area is 197 Å². The molecule has 2 aliphatic rings. The maximum absolute atomic E-state index is 3.38. The first-order valence-corrected chi connectivity index (χ1v) is 10.7. The molecule has 1 fully saturated rings. The largest absolute Gasteiger partial charge is 0.214 e. The average Bonchev–Trinajstić information content (AvgIpc) is 3.38. The third kappa shape index (κ3) is 7.18. The predicted molar refractivity (Wildman–Crippen MR) is 109 cm³/mol. The summed E-state index contributed by atoms with van der Waals surface area (Å²) in [4.78, 5) is 0. The van der Waals surface area contributed by atoms with Crippen LogP contribution in [0.5, 0.6) is 0 Å². The molecule has 2 aliphatic carbocycles. The molecular weight excluding hydrogens is 462 g/mol. The molecule has 1 saturated carbocycles. The fourth-order valence-electron chi connectivity index (χ4n) is 3.43. The number of fused-ring (bicyclic) bond motifs is 3. The first-order valence-electron chi connectivity index (χ1n) is 9.47. The Morgan fingerprint density at radius 3 is 2.07 bits per heavy atom. The van der Waals surface area contributed by atoms with Gasteiger partial charge in [-0.2, -0.15) is 47.5 Å². The van der Waals surface area contributed by atoms with Gasteiger partial charge in [0.2, 0.25) is 0 Å². The molecule has 5 rings (SSSR count). The fourth-order valence-corrected chi connectivity index (χ4v) is 4.30. The molecule has 0 unspecified atom stereocenters. The standard InChI is InChI=1S/C15H13.C5H8.C5H5.2ClH.Zr/c1-10-3-5-12-9-13-6-4-11(2)8-15(13)14(12)7-10;2*1-2-4-5-3-1;;;/h3-5,7-8H,9H2,1-2H3;1-4H2;1-5H;2*1H;/q-1;;-1;;;+2/p-2. The first-order chi connectivity index (χ1) is 12.6. The second-order valence-corrected chi connectivity index (χ2v) is 8.92. The van der Waals surface area contributed by atoms with Crippen LogP contribution in [-0.2, 0) is 30.7 Å². The van der Waals surface area contributed by atoms with Crippen LogP contribution in [0.4, 0.5) is 0 Å². The van der Waals surface area contributed by atoms with Crippen LogP contribution in [-0.4, -0.2) is 3.21 Å². The van der Waals surface area contributed by atoms with Crippen LogP contribution >= 0.6 is 0 Å². The molecule has 0 heterocycles. The van der Waals surface area contributed by atoms with Crippen molar-refractivity contribution in [2.75, 3.05) is 0 Å². The summed E-state index contributed by atoms with van der Waals surface area (Å²) in [6.45, 7) is 4.28. The van der Waals surface area contributed by atoms with Crippen LogP contribution in [0, 0.1) is 19.9 Å². The Hall–Kier alpha value is -0.877. The van der Waals surface area contributed by atoms with Crippen molar-refractivity contribution in [1.82, 2.24) is 0 Å². The zero-order chi connectivity index (χ0) is 18.4. The predicted octanol–water partition coefficient (Wildman–Crippen LogP) is 0.368. The second kappa shape index (κ2) is 12.6. The molecule has 0 N–H and O–H groups in total. The first kappa shape index (κ1) is 25.2. The van der Waals surface area contributed by atoms with Crippen LogP contribution < -0.4 is 24.8 Å². The second-order valence-electron chi connectivity index (χ2n) is 7.18. The number of hydrogen-bond acceptors (Lipinski definition) is 0. The molecule has 0 saturated heterocycles. The van der Waals surface area contributed by atoms with E-state index in [4.69, 9.17) is 0 Å². The van der Waals surface area contributed by atoms with Gasteiger partial charge >= 0.3 is 53.1 Å². The number of rotatable bonds is 0. The van der Waals surface area contributed by atoms with Crippen molar-refractivity contribution in [3.05, 3.63) is 89.0 Å². The third-order valence-electron chi connectivity index (χ3n) is 4.86. The Balaban J connectivity index is 0.000000252. The van der Waals surface area contributed by atoms with E-state index in [0.29, 0.717) is 0 Å². The fraction of sp³-hybridized carbons (Fsp3) is 0.280. The van der Waals surface area contributed by atoms with Gasteiger partial charge in [-0.15, -0.1) is 5.56 Å². The molecule has 0 aromatic heterocycles. The van der Waals surface area contributed by atoms with Gasteiger partial charge in [0.1, 0.15) is 0 Å². The van der Waals surface area contributed by atoms with Crippen LogP contribution in [0.1, 0.15) is 47.9 Å². The molecular formula is C25H26Cl2Zr-2. The van der Waals surface area contributed by atoms with Crippen molar-refractivity contribution < 1.29 is 49.0 Å². The Kier molecular flexibility index (Phi) is 11.4. The minimum absolute atomic E-state index is 0. The molecule has 0 radical (unpaired) electrons. The van der Waals surface area contributed by atoms with Crippen molar-refractivity contribution in [3.8, 4) is 11.1 Å². The van der Waals surface area contributed by atoms with E-state index < -0.39 is 0 Å². The molecule has 0 atom stereocenters. The number of aryl methyl sites for hydroxylation is 2. The van der Waals surface area contributed by atoms with Gasteiger partial charge in [0.15, 0.2) is 0 Å². The van der Waals surface area contributed by atoms with E-state index in [1.807, 2.05) is 30.3 Å². The summed E-state index contributed by atoms with van der Waals surface area (Å²) >= 11 is 1.68. The van der Waals surface area contributed by atoms with E-state index in [1.165, 1.54) is 59.1 Å². The van der Waals surface area contributed by atoms with E-state index in [1.54, 1.807) is 27.4 Å². The SMILES string of the molecule is Cc1c[c-]c2c(c1)-c1cc(C)ccc1C2.[Cl-].[Cl-].[Zr+2]=[C]1CCCC1.c1cc[cH-]c1. The van der Waals surface area contributed by atoms with E-state index in [2.05, 4.69) is 50.2 Å². The van der Waals surface area contributed by atoms with Crippen LogP contribution in [0.15, 0.2) is 60.7 Å². The average molecular weight is 489 g/mol. The Bertz CT molecular complexity index is 792. The molecule has 0 spiro atoms. The summed E-state index contributed by atoms with van der Waals surface area (Å²) in [5.74, 6) is 0. The molecule has 0 aliphatic heterocycles. The molecule has 3 heteroatoms. The molecule has 3 aromatic rings. The van der Waals surface area contributed by atoms with Crippen molar-refractivity contribution in [3.63, 3.8) is 0 Å². The maximum Gasteiger partial charge on any atom is -0.172 e. The van der Waals surface area contributed by atoms with Gasteiger partial charge in [0.25, 0.3) is 0 Å². The molecule has 146 valence electrons. The van der Waals surface area contributed by atoms with E-state index in [0.717, 1.165) is 6.42 Å². The minimum atomic E-state index is 0. The van der Waals surface area contributed by atoms with E-state index in [9.17, 15) is 0 Å². The summed E-state index contributed by atoms with van der Waals surface area (Å²) in [6.07, 6.45) is 6.88. The topological polar surface area (TPSA) is 0 Å². The summed E-state index contributed by atoms with van der Waals surface area (Å²) < 4.78 is 1.79. The van der Waals surface area contributed by atoms with Crippen LogP contribution in [0.25, 0.3) is 11.1 Å². The van der Waals surface area contributed by atoms with Crippen LogP contribution in [0.2, 0.25) is 0 Å². The smallest absolute Gasteiger partial charge is 0.172 e. The van der Waals surface area contributed by atoms with Gasteiger partial charge in [0, 0.05) is 0 Å². The van der Waals surface area contributed by atoms with Gasteiger partial charge in [-0.25, -0.2) is 12.1 Å². The zero-order valence-electron chi connectivity index (χ0n) is 16.6. The van der Waals surface area contributed by atoms with Crippen molar-refractivity contribution in [2.45, 2.75) is 46.0 Å². The summed E-state index contributed by atoms with van der Waals surface area (Å²) in [5, 5.41) is 0. The van der Waals surface area contributed by atoms with Crippen molar-refractivity contribution in [2.24, 2.45) is 0 Å². The molecule has 3 aromatic carbocycles. The normalized spacial score (nSPS) is 12.9.